The van der Waals surface area contributed by atoms with Crippen molar-refractivity contribution in [3.05, 3.63) is 58.7 Å². The van der Waals surface area contributed by atoms with Gasteiger partial charge < -0.3 is 10.2 Å². The number of fused-ring (bicyclic) bond motifs is 1. The first-order chi connectivity index (χ1) is 11.4. The maximum atomic E-state index is 13.1. The molecule has 6 nitrogen and oxygen atoms in total. The van der Waals surface area contributed by atoms with Crippen molar-refractivity contribution in [1.82, 2.24) is 4.57 Å². The zero-order valence-corrected chi connectivity index (χ0v) is 12.5. The molecule has 0 saturated heterocycles. The Hall–Kier alpha value is -2.96. The van der Waals surface area contributed by atoms with Crippen LogP contribution >= 0.6 is 0 Å². The molecule has 1 heterocycles. The lowest BCUT2D eigenvalue weighted by atomic mass is 9.90. The number of carbonyl (C=O) groups excluding carboxylic acids is 1. The molecule has 3 rings (SSSR count). The molecular weight excluding hydrogens is 317 g/mol. The number of nitrogens with zero attached hydrogens (tertiary/aromatic N) is 1. The molecule has 7 heteroatoms. The molecule has 0 bridgehead atoms. The largest absolute Gasteiger partial charge is 0.478 e. The number of carboxylic acids is 1. The van der Waals surface area contributed by atoms with Crippen LogP contribution in [0, 0.1) is 5.82 Å². The first-order valence-corrected chi connectivity index (χ1v) is 7.38. The lowest BCUT2D eigenvalue weighted by Crippen LogP contribution is -2.11. The SMILES string of the molecule is O=C(O)c1cn(C(=O)O)c2c1C(=O)CC(c1ccc(F)cc1)CC2. The fourth-order valence-electron chi connectivity index (χ4n) is 3.20. The summed E-state index contributed by atoms with van der Waals surface area (Å²) in [7, 11) is 0. The molecule has 124 valence electrons. The molecule has 1 aliphatic rings. The van der Waals surface area contributed by atoms with E-state index in [2.05, 4.69) is 0 Å². The summed E-state index contributed by atoms with van der Waals surface area (Å²) in [6.07, 6.45) is 0.434. The molecule has 24 heavy (non-hydrogen) atoms. The average Bonchev–Trinajstić information content (AvgIpc) is 2.84. The third-order valence-electron chi connectivity index (χ3n) is 4.33. The average molecular weight is 331 g/mol. The monoisotopic (exact) mass is 331 g/mol. The first-order valence-electron chi connectivity index (χ1n) is 7.38. The third kappa shape index (κ3) is 2.68. The van der Waals surface area contributed by atoms with E-state index >= 15 is 0 Å². The second-order valence-corrected chi connectivity index (χ2v) is 5.74. The minimum atomic E-state index is -1.33. The highest BCUT2D eigenvalue weighted by molar-refractivity contribution is 6.08. The van der Waals surface area contributed by atoms with Crippen LogP contribution in [0.1, 0.15) is 50.7 Å². The van der Waals surface area contributed by atoms with E-state index in [9.17, 15) is 29.0 Å². The number of ketones is 1. The van der Waals surface area contributed by atoms with E-state index in [1.165, 1.54) is 12.1 Å². The van der Waals surface area contributed by atoms with E-state index in [0.29, 0.717) is 6.42 Å². The Bertz CT molecular complexity index is 837. The van der Waals surface area contributed by atoms with Gasteiger partial charge >= 0.3 is 12.1 Å². The fourth-order valence-corrected chi connectivity index (χ4v) is 3.20. The van der Waals surface area contributed by atoms with Crippen molar-refractivity contribution in [2.24, 2.45) is 0 Å². The van der Waals surface area contributed by atoms with Crippen LogP contribution in [0.5, 0.6) is 0 Å². The number of hydrogen-bond acceptors (Lipinski definition) is 3. The summed E-state index contributed by atoms with van der Waals surface area (Å²) in [6.45, 7) is 0. The Morgan fingerprint density at radius 2 is 1.83 bits per heavy atom. The van der Waals surface area contributed by atoms with Crippen LogP contribution < -0.4 is 0 Å². The summed E-state index contributed by atoms with van der Waals surface area (Å²) in [6, 6.07) is 5.79. The van der Waals surface area contributed by atoms with Crippen molar-refractivity contribution >= 4 is 17.8 Å². The van der Waals surface area contributed by atoms with Gasteiger partial charge in [0.25, 0.3) is 0 Å². The van der Waals surface area contributed by atoms with E-state index in [1.54, 1.807) is 12.1 Å². The van der Waals surface area contributed by atoms with Gasteiger partial charge in [0.15, 0.2) is 5.78 Å². The molecule has 1 unspecified atom stereocenters. The highest BCUT2D eigenvalue weighted by Crippen LogP contribution is 2.34. The van der Waals surface area contributed by atoms with Crippen molar-refractivity contribution in [3.63, 3.8) is 0 Å². The number of halogens is 1. The zero-order valence-electron chi connectivity index (χ0n) is 12.5. The van der Waals surface area contributed by atoms with Gasteiger partial charge in [-0.1, -0.05) is 12.1 Å². The standard InChI is InChI=1S/C17H14FNO5/c18-11-4-1-9(2-5-11)10-3-6-13-15(14(20)7-10)12(16(21)22)8-19(13)17(23)24/h1-2,4-5,8,10H,3,6-7H2,(H,21,22)(H,23,24). The van der Waals surface area contributed by atoms with Gasteiger partial charge in [0, 0.05) is 18.3 Å². The highest BCUT2D eigenvalue weighted by Gasteiger charge is 2.32. The van der Waals surface area contributed by atoms with Crippen LogP contribution in [-0.4, -0.2) is 32.6 Å². The van der Waals surface area contributed by atoms with E-state index in [1.807, 2.05) is 0 Å². The Labute approximate surface area is 136 Å². The number of aromatic nitrogens is 1. The molecule has 0 amide bonds. The molecule has 0 fully saturated rings. The van der Waals surface area contributed by atoms with E-state index in [0.717, 1.165) is 16.3 Å². The maximum absolute atomic E-state index is 13.1. The second kappa shape index (κ2) is 5.92. The van der Waals surface area contributed by atoms with Gasteiger partial charge in [0.2, 0.25) is 0 Å². The van der Waals surface area contributed by atoms with Crippen LogP contribution in [0.25, 0.3) is 0 Å². The molecule has 1 aliphatic carbocycles. The number of carbonyl (C=O) groups is 3. The molecule has 0 aliphatic heterocycles. The topological polar surface area (TPSA) is 96.6 Å². The molecule has 0 spiro atoms. The number of Topliss-reactive ketones (excluding diaryl/α,β-unsaturated/α-hetero) is 1. The van der Waals surface area contributed by atoms with Crippen molar-refractivity contribution in [3.8, 4) is 0 Å². The van der Waals surface area contributed by atoms with Gasteiger partial charge in [-0.05, 0) is 36.5 Å². The summed E-state index contributed by atoms with van der Waals surface area (Å²) in [4.78, 5) is 35.3. The van der Waals surface area contributed by atoms with Gasteiger partial charge in [0.05, 0.1) is 11.1 Å². The van der Waals surface area contributed by atoms with Gasteiger partial charge in [-0.2, -0.15) is 0 Å². The van der Waals surface area contributed by atoms with Crippen LogP contribution in [0.4, 0.5) is 9.18 Å². The summed E-state index contributed by atoms with van der Waals surface area (Å²) in [5.74, 6) is -2.34. The molecular formula is C17H14FNO5. The fraction of sp³-hybridized carbons (Fsp3) is 0.235. The number of benzene rings is 1. The van der Waals surface area contributed by atoms with Gasteiger partial charge in [-0.3, -0.25) is 9.36 Å². The Kier molecular flexibility index (Phi) is 3.92. The van der Waals surface area contributed by atoms with Crippen molar-refractivity contribution in [2.45, 2.75) is 25.2 Å². The summed E-state index contributed by atoms with van der Waals surface area (Å²) in [5.41, 5.74) is 0.648. The van der Waals surface area contributed by atoms with Gasteiger partial charge in [0.1, 0.15) is 5.82 Å². The van der Waals surface area contributed by atoms with E-state index < -0.39 is 17.8 Å². The Morgan fingerprint density at radius 1 is 1.17 bits per heavy atom. The minimum Gasteiger partial charge on any atom is -0.478 e. The van der Waals surface area contributed by atoms with E-state index in [4.69, 9.17) is 0 Å². The number of rotatable bonds is 2. The summed E-state index contributed by atoms with van der Waals surface area (Å²) in [5, 5.41) is 18.5. The normalized spacial score (nSPS) is 17.2. The van der Waals surface area contributed by atoms with Crippen LogP contribution in [0.3, 0.4) is 0 Å². The number of carboxylic acid groups (broad SMARTS) is 2. The minimum absolute atomic E-state index is 0.0329. The van der Waals surface area contributed by atoms with E-state index in [-0.39, 0.29) is 41.4 Å². The predicted molar refractivity (Wildman–Crippen MR) is 81.2 cm³/mol. The van der Waals surface area contributed by atoms with Crippen LogP contribution in [0.2, 0.25) is 0 Å². The molecule has 1 aromatic carbocycles. The molecule has 0 radical (unpaired) electrons. The smallest absolute Gasteiger partial charge is 0.415 e. The van der Waals surface area contributed by atoms with Gasteiger partial charge in [-0.15, -0.1) is 0 Å². The number of hydrogen-bond donors (Lipinski definition) is 2. The molecule has 0 saturated carbocycles. The third-order valence-corrected chi connectivity index (χ3v) is 4.33. The Morgan fingerprint density at radius 3 is 2.42 bits per heavy atom. The second-order valence-electron chi connectivity index (χ2n) is 5.74. The molecule has 1 atom stereocenters. The lowest BCUT2D eigenvalue weighted by Gasteiger charge is -2.14. The van der Waals surface area contributed by atoms with Gasteiger partial charge in [-0.25, -0.2) is 14.0 Å². The Balaban J connectivity index is 2.02. The van der Waals surface area contributed by atoms with Crippen LogP contribution in [0.15, 0.2) is 30.5 Å². The summed E-state index contributed by atoms with van der Waals surface area (Å²) < 4.78 is 13.9. The maximum Gasteiger partial charge on any atom is 0.415 e. The molecule has 2 aromatic rings. The number of aromatic carboxylic acids is 1. The predicted octanol–water partition coefficient (Wildman–Crippen LogP) is 3.15. The lowest BCUT2D eigenvalue weighted by molar-refractivity contribution is 0.0692. The summed E-state index contributed by atoms with van der Waals surface area (Å²) >= 11 is 0. The first kappa shape index (κ1) is 15.9. The molecule has 1 aromatic heterocycles. The quantitative estimate of drug-likeness (QED) is 0.824. The van der Waals surface area contributed by atoms with Crippen molar-refractivity contribution in [1.29, 1.82) is 0 Å². The zero-order chi connectivity index (χ0) is 17.4. The van der Waals surface area contributed by atoms with Crippen molar-refractivity contribution < 1.29 is 29.0 Å². The highest BCUT2D eigenvalue weighted by atomic mass is 19.1. The van der Waals surface area contributed by atoms with Crippen LogP contribution in [-0.2, 0) is 6.42 Å². The van der Waals surface area contributed by atoms with Crippen molar-refractivity contribution in [2.75, 3.05) is 0 Å². The molecule has 2 N–H and O–H groups in total.